The molecule has 3 N–H and O–H groups in total. The van der Waals surface area contributed by atoms with Crippen LogP contribution in [0.4, 0.5) is 5.69 Å². The van der Waals surface area contributed by atoms with Crippen LogP contribution in [0.25, 0.3) is 5.65 Å². The Morgan fingerprint density at radius 1 is 1.19 bits per heavy atom. The number of carbonyl (C=O) groups is 2. The molecule has 0 saturated heterocycles. The average Bonchev–Trinajstić information content (AvgIpc) is 3.10. The van der Waals surface area contributed by atoms with Crippen molar-refractivity contribution in [3.05, 3.63) is 66.1 Å². The second kappa shape index (κ2) is 7.79. The van der Waals surface area contributed by atoms with Gasteiger partial charge in [0.1, 0.15) is 11.3 Å². The largest absolute Gasteiger partial charge is 0.394 e. The van der Waals surface area contributed by atoms with Gasteiger partial charge >= 0.3 is 0 Å². The lowest BCUT2D eigenvalue weighted by Gasteiger charge is -2.14. The molecule has 1 unspecified atom stereocenters. The molecule has 1 atom stereocenters. The third-order valence-corrected chi connectivity index (χ3v) is 4.08. The van der Waals surface area contributed by atoms with Crippen LogP contribution in [0, 0.1) is 0 Å². The summed E-state index contributed by atoms with van der Waals surface area (Å²) in [5, 5.41) is 14.7. The Kier molecular flexibility index (Phi) is 5.28. The quantitative estimate of drug-likeness (QED) is 0.633. The first kappa shape index (κ1) is 17.6. The molecule has 0 aliphatic heterocycles. The van der Waals surface area contributed by atoms with Crippen molar-refractivity contribution >= 4 is 23.1 Å². The highest BCUT2D eigenvalue weighted by Gasteiger charge is 2.14. The highest BCUT2D eigenvalue weighted by atomic mass is 16.3. The number of aromatic nitrogens is 2. The number of aliphatic hydroxyl groups excluding tert-OH is 1. The molecule has 0 bridgehead atoms. The molecule has 134 valence electrons. The first-order valence-electron chi connectivity index (χ1n) is 8.37. The minimum atomic E-state index is -0.317. The van der Waals surface area contributed by atoms with Gasteiger partial charge in [-0.1, -0.05) is 19.1 Å². The number of amides is 2. The Labute approximate surface area is 150 Å². The molecule has 26 heavy (non-hydrogen) atoms. The van der Waals surface area contributed by atoms with Gasteiger partial charge in [-0.2, -0.15) is 0 Å². The van der Waals surface area contributed by atoms with E-state index in [4.69, 9.17) is 0 Å². The van der Waals surface area contributed by atoms with E-state index in [-0.39, 0.29) is 24.5 Å². The number of hydrogen-bond donors (Lipinski definition) is 3. The van der Waals surface area contributed by atoms with Crippen molar-refractivity contribution < 1.29 is 14.7 Å². The smallest absolute Gasteiger partial charge is 0.274 e. The second-order valence-corrected chi connectivity index (χ2v) is 5.87. The zero-order valence-electron chi connectivity index (χ0n) is 14.3. The third kappa shape index (κ3) is 3.73. The maximum absolute atomic E-state index is 12.5. The number of pyridine rings is 1. The van der Waals surface area contributed by atoms with Crippen LogP contribution in [0.5, 0.6) is 0 Å². The molecule has 0 radical (unpaired) electrons. The number of nitrogens with zero attached hydrogens (tertiary/aromatic N) is 2. The van der Waals surface area contributed by atoms with Crippen LogP contribution in [0.2, 0.25) is 0 Å². The Hall–Kier alpha value is -3.19. The summed E-state index contributed by atoms with van der Waals surface area (Å²) < 4.78 is 1.69. The molecule has 1 aromatic carbocycles. The molecule has 3 aromatic rings. The second-order valence-electron chi connectivity index (χ2n) is 5.87. The van der Waals surface area contributed by atoms with Crippen molar-refractivity contribution in [1.82, 2.24) is 14.7 Å². The molecule has 0 spiro atoms. The number of rotatable bonds is 6. The molecule has 0 aliphatic carbocycles. The fraction of sp³-hybridized carbons (Fsp3) is 0.211. The molecule has 7 nitrogen and oxygen atoms in total. The first-order chi connectivity index (χ1) is 12.6. The summed E-state index contributed by atoms with van der Waals surface area (Å²) in [6.45, 7) is 1.76. The Morgan fingerprint density at radius 3 is 2.81 bits per heavy atom. The van der Waals surface area contributed by atoms with Crippen molar-refractivity contribution in [2.24, 2.45) is 0 Å². The summed E-state index contributed by atoms with van der Waals surface area (Å²) in [6.07, 6.45) is 3.90. The van der Waals surface area contributed by atoms with Crippen molar-refractivity contribution in [1.29, 1.82) is 0 Å². The van der Waals surface area contributed by atoms with Gasteiger partial charge in [0.2, 0.25) is 0 Å². The normalized spacial score (nSPS) is 11.9. The third-order valence-electron chi connectivity index (χ3n) is 4.08. The summed E-state index contributed by atoms with van der Waals surface area (Å²) in [4.78, 5) is 29.0. The minimum absolute atomic E-state index is 0.118. The highest BCUT2D eigenvalue weighted by Crippen LogP contribution is 2.14. The van der Waals surface area contributed by atoms with Gasteiger partial charge in [-0.25, -0.2) is 4.98 Å². The van der Waals surface area contributed by atoms with Crippen molar-refractivity contribution in [3.63, 3.8) is 0 Å². The maximum atomic E-state index is 12.5. The van der Waals surface area contributed by atoms with E-state index in [1.54, 1.807) is 34.9 Å². The molecule has 0 saturated carbocycles. The molecule has 3 rings (SSSR count). The predicted octanol–water partition coefficient (Wildman–Crippen LogP) is 2.09. The molecule has 2 aromatic heterocycles. The summed E-state index contributed by atoms with van der Waals surface area (Å²) in [5.41, 5.74) is 2.00. The fourth-order valence-corrected chi connectivity index (χ4v) is 2.58. The number of hydrogen-bond acceptors (Lipinski definition) is 4. The Bertz CT molecular complexity index is 931. The molecule has 0 fully saturated rings. The van der Waals surface area contributed by atoms with Crippen LogP contribution >= 0.6 is 0 Å². The van der Waals surface area contributed by atoms with Gasteiger partial charge in [0.05, 0.1) is 18.8 Å². The van der Waals surface area contributed by atoms with E-state index in [0.29, 0.717) is 29.0 Å². The monoisotopic (exact) mass is 352 g/mol. The zero-order chi connectivity index (χ0) is 18.5. The van der Waals surface area contributed by atoms with Gasteiger partial charge in [0.15, 0.2) is 0 Å². The van der Waals surface area contributed by atoms with Crippen LogP contribution in [0.15, 0.2) is 54.9 Å². The van der Waals surface area contributed by atoms with Crippen LogP contribution in [-0.2, 0) is 0 Å². The lowest BCUT2D eigenvalue weighted by Crippen LogP contribution is -2.36. The topological polar surface area (TPSA) is 95.7 Å². The Balaban J connectivity index is 1.76. The summed E-state index contributed by atoms with van der Waals surface area (Å²) in [7, 11) is 0. The lowest BCUT2D eigenvalue weighted by atomic mass is 10.1. The highest BCUT2D eigenvalue weighted by molar-refractivity contribution is 6.04. The van der Waals surface area contributed by atoms with Crippen LogP contribution in [0.1, 0.15) is 34.2 Å². The summed E-state index contributed by atoms with van der Waals surface area (Å²) in [6, 6.07) is 11.8. The van der Waals surface area contributed by atoms with Crippen molar-refractivity contribution in [3.8, 4) is 0 Å². The van der Waals surface area contributed by atoms with Gasteiger partial charge in [0.25, 0.3) is 11.8 Å². The minimum Gasteiger partial charge on any atom is -0.394 e. The molecular formula is C19H20N4O3. The van der Waals surface area contributed by atoms with E-state index in [2.05, 4.69) is 15.6 Å². The number of nitrogens with one attached hydrogen (secondary N) is 2. The number of benzene rings is 1. The number of carbonyl (C=O) groups excluding carboxylic acids is 2. The number of aliphatic hydroxyl groups is 1. The summed E-state index contributed by atoms with van der Waals surface area (Å²) in [5.74, 6) is -0.611. The average molecular weight is 352 g/mol. The van der Waals surface area contributed by atoms with Gasteiger partial charge in [-0.05, 0) is 36.8 Å². The van der Waals surface area contributed by atoms with Gasteiger partial charge in [-0.3, -0.25) is 14.0 Å². The molecule has 2 amide bonds. The van der Waals surface area contributed by atoms with Gasteiger partial charge < -0.3 is 15.7 Å². The molecule has 0 aliphatic rings. The zero-order valence-corrected chi connectivity index (χ0v) is 14.3. The van der Waals surface area contributed by atoms with Crippen LogP contribution < -0.4 is 10.6 Å². The molecule has 2 heterocycles. The molecular weight excluding hydrogens is 332 g/mol. The van der Waals surface area contributed by atoms with E-state index in [1.165, 1.54) is 6.20 Å². The number of imidazole rings is 1. The standard InChI is InChI=1S/C19H20N4O3/c1-2-14(12-24)21-18(25)13-6-5-7-15(10-13)22-19(26)16-11-20-17-8-3-4-9-23(16)17/h3-11,14,24H,2,12H2,1H3,(H,21,25)(H,22,26). The van der Waals surface area contributed by atoms with E-state index < -0.39 is 0 Å². The first-order valence-corrected chi connectivity index (χ1v) is 8.37. The van der Waals surface area contributed by atoms with E-state index in [9.17, 15) is 14.7 Å². The van der Waals surface area contributed by atoms with Crippen molar-refractivity contribution in [2.75, 3.05) is 11.9 Å². The maximum Gasteiger partial charge on any atom is 0.274 e. The van der Waals surface area contributed by atoms with Gasteiger partial charge in [0, 0.05) is 17.4 Å². The number of fused-ring (bicyclic) bond motifs is 1. The van der Waals surface area contributed by atoms with Crippen LogP contribution in [-0.4, -0.2) is 39.0 Å². The lowest BCUT2D eigenvalue weighted by molar-refractivity contribution is 0.0914. The van der Waals surface area contributed by atoms with E-state index in [1.807, 2.05) is 25.1 Å². The van der Waals surface area contributed by atoms with Crippen molar-refractivity contribution in [2.45, 2.75) is 19.4 Å². The number of anilines is 1. The van der Waals surface area contributed by atoms with Crippen LogP contribution in [0.3, 0.4) is 0 Å². The predicted molar refractivity (Wildman–Crippen MR) is 98.2 cm³/mol. The Morgan fingerprint density at radius 2 is 2.04 bits per heavy atom. The van der Waals surface area contributed by atoms with E-state index >= 15 is 0 Å². The summed E-state index contributed by atoms with van der Waals surface area (Å²) >= 11 is 0. The van der Waals surface area contributed by atoms with Gasteiger partial charge in [-0.15, -0.1) is 0 Å². The van der Waals surface area contributed by atoms with E-state index in [0.717, 1.165) is 0 Å². The molecule has 7 heteroatoms. The SMILES string of the molecule is CCC(CO)NC(=O)c1cccc(NC(=O)c2cnc3ccccn23)c1. The fourth-order valence-electron chi connectivity index (χ4n) is 2.58.